The maximum Gasteiger partial charge on any atom is 0.418 e. The summed E-state index contributed by atoms with van der Waals surface area (Å²) in [6.45, 7) is 0. The van der Waals surface area contributed by atoms with Crippen LogP contribution in [0.4, 0.5) is 19.0 Å². The number of benzene rings is 2. The van der Waals surface area contributed by atoms with Crippen molar-refractivity contribution in [3.8, 4) is 11.3 Å². The average molecular weight is 549 g/mol. The number of nitrogens with one attached hydrogen (secondary N) is 1. The number of nitrogen functional groups attached to an aromatic ring is 1. The Kier molecular flexibility index (Phi) is 7.24. The lowest BCUT2D eigenvalue weighted by molar-refractivity contribution is -0.139. The van der Waals surface area contributed by atoms with E-state index in [1.165, 1.54) is 36.5 Å². The van der Waals surface area contributed by atoms with Crippen LogP contribution in [-0.4, -0.2) is 33.0 Å². The molecule has 0 saturated heterocycles. The van der Waals surface area contributed by atoms with Gasteiger partial charge < -0.3 is 16.2 Å². The Bertz CT molecular complexity index is 1510. The Labute approximate surface area is 218 Å². The molecule has 0 aliphatic carbocycles. The van der Waals surface area contributed by atoms with E-state index in [-0.39, 0.29) is 38.9 Å². The van der Waals surface area contributed by atoms with Crippen LogP contribution in [0.2, 0.25) is 10.0 Å². The summed E-state index contributed by atoms with van der Waals surface area (Å²) < 4.78 is 41.1. The van der Waals surface area contributed by atoms with Gasteiger partial charge in [0.2, 0.25) is 0 Å². The second kappa shape index (κ2) is 10.2. The number of aromatic nitrogens is 2. The number of carbonyl (C=O) groups excluding carboxylic acids is 1. The molecule has 0 saturated carbocycles. The van der Waals surface area contributed by atoms with Crippen molar-refractivity contribution in [1.29, 1.82) is 0 Å². The number of hydrogen-bond donors (Lipinski definition) is 3. The fourth-order valence-corrected chi connectivity index (χ4v) is 4.44. The van der Waals surface area contributed by atoms with Crippen LogP contribution in [0.5, 0.6) is 0 Å². The third kappa shape index (κ3) is 5.45. The standard InChI is InChI=1S/C25H17Cl2F3N4O3/c26-16-4-1-5-17(27)20(16)23(35)33-18(24(36)37)11-12-6-7-14(21-13(12)3-2-10-32-21)22-15(25(28,29)30)8-9-19(31)34-22/h1-10,18H,11H2,(H2,31,34)(H,33,35)(H,36,37). The van der Waals surface area contributed by atoms with Gasteiger partial charge in [-0.3, -0.25) is 9.78 Å². The molecular formula is C25H17Cl2F3N4O3. The van der Waals surface area contributed by atoms with Gasteiger partial charge >= 0.3 is 12.1 Å². The van der Waals surface area contributed by atoms with Gasteiger partial charge in [-0.25, -0.2) is 9.78 Å². The molecule has 4 aromatic rings. The first-order chi connectivity index (χ1) is 17.5. The van der Waals surface area contributed by atoms with Gasteiger partial charge in [-0.15, -0.1) is 0 Å². The number of aliphatic carboxylic acids is 1. The first-order valence-corrected chi connectivity index (χ1v) is 11.4. The number of amides is 1. The van der Waals surface area contributed by atoms with Crippen LogP contribution in [-0.2, 0) is 17.4 Å². The fraction of sp³-hybridized carbons (Fsp3) is 0.120. The number of nitrogens with zero attached hydrogens (tertiary/aromatic N) is 2. The predicted octanol–water partition coefficient (Wildman–Crippen LogP) is 5.63. The van der Waals surface area contributed by atoms with Crippen LogP contribution in [0.15, 0.2) is 60.8 Å². The maximum absolute atomic E-state index is 13.7. The summed E-state index contributed by atoms with van der Waals surface area (Å²) >= 11 is 12.1. The number of fused-ring (bicyclic) bond motifs is 1. The van der Waals surface area contributed by atoms with Crippen LogP contribution in [0, 0.1) is 0 Å². The normalized spacial score (nSPS) is 12.4. The molecule has 0 bridgehead atoms. The average Bonchev–Trinajstić information content (AvgIpc) is 2.82. The van der Waals surface area contributed by atoms with Crippen molar-refractivity contribution in [2.45, 2.75) is 18.6 Å². The van der Waals surface area contributed by atoms with Crippen molar-refractivity contribution in [3.05, 3.63) is 87.5 Å². The molecule has 4 N–H and O–H groups in total. The zero-order valence-electron chi connectivity index (χ0n) is 18.7. The molecule has 2 aromatic carbocycles. The zero-order chi connectivity index (χ0) is 26.9. The highest BCUT2D eigenvalue weighted by atomic mass is 35.5. The number of halogens is 5. The molecule has 0 spiro atoms. The number of anilines is 1. The quantitative estimate of drug-likeness (QED) is 0.287. The molecule has 37 heavy (non-hydrogen) atoms. The molecular weight excluding hydrogens is 532 g/mol. The number of carboxylic acid groups (broad SMARTS) is 1. The third-order valence-corrected chi connectivity index (χ3v) is 6.18. The molecule has 2 aromatic heterocycles. The minimum absolute atomic E-state index is 0.0447. The van der Waals surface area contributed by atoms with Gasteiger partial charge in [-0.2, -0.15) is 13.2 Å². The van der Waals surface area contributed by atoms with E-state index < -0.39 is 35.4 Å². The molecule has 12 heteroatoms. The summed E-state index contributed by atoms with van der Waals surface area (Å²) in [6, 6.07) is 10.9. The number of pyridine rings is 2. The molecule has 1 atom stereocenters. The van der Waals surface area contributed by atoms with Crippen molar-refractivity contribution in [2.24, 2.45) is 0 Å². The Balaban J connectivity index is 1.76. The molecule has 0 aliphatic heterocycles. The second-order valence-electron chi connectivity index (χ2n) is 7.97. The van der Waals surface area contributed by atoms with E-state index in [1.807, 2.05) is 0 Å². The highest BCUT2D eigenvalue weighted by molar-refractivity contribution is 6.39. The Morgan fingerprint density at radius 1 is 1.03 bits per heavy atom. The summed E-state index contributed by atoms with van der Waals surface area (Å²) in [5.74, 6) is -2.24. The van der Waals surface area contributed by atoms with Gasteiger partial charge in [0.1, 0.15) is 11.9 Å². The topological polar surface area (TPSA) is 118 Å². The summed E-state index contributed by atoms with van der Waals surface area (Å²) in [5.41, 5.74) is 4.85. The van der Waals surface area contributed by atoms with Crippen LogP contribution in [0.3, 0.4) is 0 Å². The number of alkyl halides is 3. The smallest absolute Gasteiger partial charge is 0.418 e. The van der Waals surface area contributed by atoms with E-state index in [0.29, 0.717) is 10.9 Å². The van der Waals surface area contributed by atoms with E-state index in [9.17, 15) is 27.9 Å². The van der Waals surface area contributed by atoms with Crippen LogP contribution in [0.1, 0.15) is 21.5 Å². The minimum Gasteiger partial charge on any atom is -0.480 e. The minimum atomic E-state index is -4.70. The third-order valence-electron chi connectivity index (χ3n) is 5.55. The number of hydrogen-bond acceptors (Lipinski definition) is 5. The number of carbonyl (C=O) groups is 2. The molecule has 2 heterocycles. The van der Waals surface area contributed by atoms with Crippen LogP contribution < -0.4 is 11.1 Å². The SMILES string of the molecule is Nc1ccc(C(F)(F)F)c(-c2ccc(CC(NC(=O)c3c(Cl)cccc3Cl)C(=O)O)c3cccnc23)n1. The van der Waals surface area contributed by atoms with Crippen molar-refractivity contribution < 1.29 is 27.9 Å². The molecule has 0 aliphatic rings. The first-order valence-electron chi connectivity index (χ1n) is 10.7. The van der Waals surface area contributed by atoms with E-state index in [0.717, 1.165) is 12.1 Å². The molecule has 0 radical (unpaired) electrons. The highest BCUT2D eigenvalue weighted by Crippen LogP contribution is 2.39. The molecule has 1 unspecified atom stereocenters. The van der Waals surface area contributed by atoms with Crippen molar-refractivity contribution in [1.82, 2.24) is 15.3 Å². The first kappa shape index (κ1) is 26.2. The van der Waals surface area contributed by atoms with Gasteiger partial charge in [-0.05, 0) is 35.9 Å². The Hall–Kier alpha value is -3.89. The number of carboxylic acids is 1. The second-order valence-corrected chi connectivity index (χ2v) is 8.78. The lowest BCUT2D eigenvalue weighted by Crippen LogP contribution is -2.42. The summed E-state index contributed by atoms with van der Waals surface area (Å²) in [7, 11) is 0. The van der Waals surface area contributed by atoms with Gasteiger partial charge in [0, 0.05) is 23.6 Å². The van der Waals surface area contributed by atoms with Crippen molar-refractivity contribution >= 4 is 51.8 Å². The lowest BCUT2D eigenvalue weighted by Gasteiger charge is -2.18. The van der Waals surface area contributed by atoms with Crippen LogP contribution in [0.25, 0.3) is 22.2 Å². The monoisotopic (exact) mass is 548 g/mol. The summed E-state index contributed by atoms with van der Waals surface area (Å²) in [5, 5.41) is 12.7. The molecule has 190 valence electrons. The number of nitrogens with two attached hydrogens (primary N) is 1. The van der Waals surface area contributed by atoms with E-state index in [1.54, 1.807) is 12.1 Å². The summed E-state index contributed by atoms with van der Waals surface area (Å²) in [6.07, 6.45) is -3.51. The summed E-state index contributed by atoms with van der Waals surface area (Å²) in [4.78, 5) is 32.9. The number of rotatable bonds is 6. The van der Waals surface area contributed by atoms with E-state index >= 15 is 0 Å². The molecule has 4 rings (SSSR count). The van der Waals surface area contributed by atoms with Crippen LogP contribution >= 0.6 is 23.2 Å². The van der Waals surface area contributed by atoms with Crippen molar-refractivity contribution in [2.75, 3.05) is 5.73 Å². The Morgan fingerprint density at radius 2 is 1.73 bits per heavy atom. The predicted molar refractivity (Wildman–Crippen MR) is 133 cm³/mol. The Morgan fingerprint density at radius 3 is 2.38 bits per heavy atom. The molecule has 0 fully saturated rings. The lowest BCUT2D eigenvalue weighted by atomic mass is 9.95. The zero-order valence-corrected chi connectivity index (χ0v) is 20.2. The maximum atomic E-state index is 13.7. The van der Waals surface area contributed by atoms with Crippen molar-refractivity contribution in [3.63, 3.8) is 0 Å². The van der Waals surface area contributed by atoms with E-state index in [4.69, 9.17) is 28.9 Å². The van der Waals surface area contributed by atoms with Gasteiger partial charge in [0.15, 0.2) is 0 Å². The van der Waals surface area contributed by atoms with Gasteiger partial charge in [0.25, 0.3) is 5.91 Å². The van der Waals surface area contributed by atoms with E-state index in [2.05, 4.69) is 15.3 Å². The van der Waals surface area contributed by atoms with Gasteiger partial charge in [-0.1, -0.05) is 47.5 Å². The molecule has 7 nitrogen and oxygen atoms in total. The molecule has 1 amide bonds. The highest BCUT2D eigenvalue weighted by Gasteiger charge is 2.35. The van der Waals surface area contributed by atoms with Gasteiger partial charge in [0.05, 0.1) is 32.4 Å². The fourth-order valence-electron chi connectivity index (χ4n) is 3.87. The largest absolute Gasteiger partial charge is 0.480 e.